The largest absolute Gasteiger partial charge is 0.361 e. The Morgan fingerprint density at radius 1 is 1.35 bits per heavy atom. The first-order valence-corrected chi connectivity index (χ1v) is 6.99. The fourth-order valence-corrected chi connectivity index (χ4v) is 2.31. The maximum Gasteiger partial charge on any atom is 0.295 e. The van der Waals surface area contributed by atoms with Crippen LogP contribution in [0.15, 0.2) is 23.9 Å². The van der Waals surface area contributed by atoms with Crippen molar-refractivity contribution < 1.29 is 19.0 Å². The van der Waals surface area contributed by atoms with Crippen LogP contribution in [0.5, 0.6) is 0 Å². The van der Waals surface area contributed by atoms with Gasteiger partial charge in [-0.1, -0.05) is 0 Å². The number of rotatable bonds is 5. The molecular weight excluding hydrogens is 258 g/mol. The van der Waals surface area contributed by atoms with Gasteiger partial charge in [-0.05, 0) is 26.0 Å². The maximum absolute atomic E-state index is 8.77. The Morgan fingerprint density at radius 2 is 2.15 bits per heavy atom. The van der Waals surface area contributed by atoms with E-state index in [1.807, 2.05) is 32.1 Å². The third-order valence-electron chi connectivity index (χ3n) is 3.26. The van der Waals surface area contributed by atoms with Gasteiger partial charge < -0.3 is 24.6 Å². The Hall–Kier alpha value is -1.46. The summed E-state index contributed by atoms with van der Waals surface area (Å²) >= 11 is 0. The van der Waals surface area contributed by atoms with Crippen molar-refractivity contribution >= 4 is 5.71 Å². The highest BCUT2D eigenvalue weighted by Crippen LogP contribution is 2.22. The first-order chi connectivity index (χ1) is 9.78. The highest BCUT2D eigenvalue weighted by molar-refractivity contribution is 5.93. The lowest BCUT2D eigenvalue weighted by Crippen LogP contribution is -2.51. The number of nitrogens with zero attached hydrogens (tertiary/aromatic N) is 3. The molecule has 20 heavy (non-hydrogen) atoms. The van der Waals surface area contributed by atoms with Crippen LogP contribution in [-0.2, 0) is 14.2 Å². The van der Waals surface area contributed by atoms with E-state index >= 15 is 0 Å². The Balaban J connectivity index is 2.09. The molecule has 2 atom stereocenters. The summed E-state index contributed by atoms with van der Waals surface area (Å²) < 4.78 is 16.9. The number of hydrogen-bond donors (Lipinski definition) is 0. The van der Waals surface area contributed by atoms with Gasteiger partial charge in [-0.2, -0.15) is 4.79 Å². The molecule has 0 bridgehead atoms. The van der Waals surface area contributed by atoms with E-state index in [1.165, 1.54) is 0 Å². The summed E-state index contributed by atoms with van der Waals surface area (Å²) in [5.41, 5.74) is 10.5. The third kappa shape index (κ3) is 3.55. The molecular formula is C14H21N3O3. The van der Waals surface area contributed by atoms with Crippen LogP contribution in [0.25, 0.3) is 5.53 Å². The van der Waals surface area contributed by atoms with E-state index in [0.717, 1.165) is 5.70 Å². The van der Waals surface area contributed by atoms with Crippen LogP contribution in [0.2, 0.25) is 0 Å². The SMILES string of the molecule is CCOC1CN(C2=CCC(=[N+]=[N-])C=C2)C(OCC)CO1. The summed E-state index contributed by atoms with van der Waals surface area (Å²) in [4.78, 5) is 5.35. The van der Waals surface area contributed by atoms with Gasteiger partial charge in [-0.25, -0.2) is 0 Å². The summed E-state index contributed by atoms with van der Waals surface area (Å²) in [5.74, 6) is 0. The topological polar surface area (TPSA) is 67.3 Å². The molecule has 1 heterocycles. The summed E-state index contributed by atoms with van der Waals surface area (Å²) in [7, 11) is 0. The Bertz CT molecular complexity index is 441. The van der Waals surface area contributed by atoms with E-state index < -0.39 is 0 Å². The first kappa shape index (κ1) is 14.9. The highest BCUT2D eigenvalue weighted by Gasteiger charge is 2.31. The second-order valence-corrected chi connectivity index (χ2v) is 4.54. The zero-order valence-electron chi connectivity index (χ0n) is 12.0. The Kier molecular flexibility index (Phi) is 5.49. The quantitative estimate of drug-likeness (QED) is 0.566. The molecule has 2 unspecified atom stereocenters. The standard InChI is InChI=1S/C14H21N3O3/c1-3-18-13-10-20-14(19-4-2)9-17(13)12-7-5-11(16-15)6-8-12/h5,7-8,13-14H,3-4,6,9-10H2,1-2H3. The van der Waals surface area contributed by atoms with Gasteiger partial charge >= 0.3 is 0 Å². The number of morpholine rings is 1. The Morgan fingerprint density at radius 3 is 2.75 bits per heavy atom. The molecule has 1 aliphatic carbocycles. The maximum atomic E-state index is 8.77. The molecule has 0 spiro atoms. The van der Waals surface area contributed by atoms with E-state index in [1.54, 1.807) is 0 Å². The second kappa shape index (κ2) is 7.36. The highest BCUT2D eigenvalue weighted by atomic mass is 16.7. The van der Waals surface area contributed by atoms with Crippen LogP contribution in [0.4, 0.5) is 0 Å². The van der Waals surface area contributed by atoms with Gasteiger partial charge in [0.2, 0.25) is 0 Å². The van der Waals surface area contributed by atoms with Gasteiger partial charge in [0.05, 0.1) is 19.6 Å². The van der Waals surface area contributed by atoms with Crippen molar-refractivity contribution in [3.63, 3.8) is 0 Å². The number of hydrogen-bond acceptors (Lipinski definition) is 4. The van der Waals surface area contributed by atoms with Crippen molar-refractivity contribution in [3.8, 4) is 0 Å². The van der Waals surface area contributed by atoms with E-state index in [2.05, 4.69) is 9.69 Å². The average molecular weight is 279 g/mol. The van der Waals surface area contributed by atoms with E-state index in [4.69, 9.17) is 19.7 Å². The van der Waals surface area contributed by atoms with Crippen molar-refractivity contribution in [1.29, 1.82) is 0 Å². The Labute approximate surface area is 119 Å². The molecule has 0 saturated carbocycles. The van der Waals surface area contributed by atoms with Crippen molar-refractivity contribution in [2.45, 2.75) is 32.8 Å². The van der Waals surface area contributed by atoms with Crippen molar-refractivity contribution in [3.05, 3.63) is 29.5 Å². The molecule has 0 aromatic carbocycles. The lowest BCUT2D eigenvalue weighted by molar-refractivity contribution is -0.228. The van der Waals surface area contributed by atoms with Gasteiger partial charge in [0, 0.05) is 25.0 Å². The fourth-order valence-electron chi connectivity index (χ4n) is 2.31. The molecule has 6 nitrogen and oxygen atoms in total. The average Bonchev–Trinajstić information content (AvgIpc) is 2.49. The van der Waals surface area contributed by atoms with Gasteiger partial charge in [-0.15, -0.1) is 0 Å². The van der Waals surface area contributed by atoms with Crippen LogP contribution in [0.1, 0.15) is 20.3 Å². The molecule has 0 aromatic heterocycles. The third-order valence-corrected chi connectivity index (χ3v) is 3.26. The van der Waals surface area contributed by atoms with E-state index in [-0.39, 0.29) is 12.5 Å². The zero-order chi connectivity index (χ0) is 14.4. The van der Waals surface area contributed by atoms with Crippen molar-refractivity contribution in [2.24, 2.45) is 0 Å². The molecule has 6 heteroatoms. The molecule has 2 aliphatic rings. The number of ether oxygens (including phenoxy) is 3. The molecule has 0 aromatic rings. The normalized spacial score (nSPS) is 26.4. The summed E-state index contributed by atoms with van der Waals surface area (Å²) in [6, 6.07) is 0. The zero-order valence-corrected chi connectivity index (χ0v) is 12.0. The smallest absolute Gasteiger partial charge is 0.295 e. The molecule has 0 radical (unpaired) electrons. The molecule has 1 aliphatic heterocycles. The van der Waals surface area contributed by atoms with Gasteiger partial charge in [-0.3, -0.25) is 0 Å². The van der Waals surface area contributed by atoms with Gasteiger partial charge in [0.1, 0.15) is 0 Å². The molecule has 2 rings (SSSR count). The number of allylic oxidation sites excluding steroid dienone is 3. The molecule has 110 valence electrons. The molecule has 1 saturated heterocycles. The molecule has 0 amide bonds. The molecule has 0 N–H and O–H groups in total. The minimum atomic E-state index is -0.237. The first-order valence-electron chi connectivity index (χ1n) is 6.99. The van der Waals surface area contributed by atoms with Crippen molar-refractivity contribution in [2.75, 3.05) is 26.4 Å². The van der Waals surface area contributed by atoms with Gasteiger partial charge in [0.15, 0.2) is 12.5 Å². The fraction of sp³-hybridized carbons (Fsp3) is 0.643. The minimum absolute atomic E-state index is 0.111. The lowest BCUT2D eigenvalue weighted by Gasteiger charge is -2.41. The predicted molar refractivity (Wildman–Crippen MR) is 74.0 cm³/mol. The van der Waals surface area contributed by atoms with Gasteiger partial charge in [0.25, 0.3) is 5.71 Å². The van der Waals surface area contributed by atoms with E-state index in [9.17, 15) is 0 Å². The van der Waals surface area contributed by atoms with Crippen LogP contribution in [0, 0.1) is 0 Å². The van der Waals surface area contributed by atoms with Crippen LogP contribution < -0.4 is 0 Å². The summed E-state index contributed by atoms with van der Waals surface area (Å²) in [6.45, 7) is 6.27. The summed E-state index contributed by atoms with van der Waals surface area (Å²) in [6.07, 6.45) is 6.02. The summed E-state index contributed by atoms with van der Waals surface area (Å²) in [5, 5.41) is 0. The second-order valence-electron chi connectivity index (χ2n) is 4.54. The van der Waals surface area contributed by atoms with E-state index in [0.29, 0.717) is 38.5 Å². The van der Waals surface area contributed by atoms with Crippen LogP contribution in [0.3, 0.4) is 0 Å². The van der Waals surface area contributed by atoms with Crippen LogP contribution in [-0.4, -0.2) is 54.3 Å². The van der Waals surface area contributed by atoms with Crippen molar-refractivity contribution in [1.82, 2.24) is 4.90 Å². The monoisotopic (exact) mass is 279 g/mol. The predicted octanol–water partition coefficient (Wildman–Crippen LogP) is 1.56. The van der Waals surface area contributed by atoms with Crippen LogP contribution >= 0.6 is 0 Å². The molecule has 1 fully saturated rings. The lowest BCUT2D eigenvalue weighted by atomic mass is 10.1. The minimum Gasteiger partial charge on any atom is -0.361 e.